The Kier molecular flexibility index (Phi) is 3.40. The number of carbonyl (C=O) groups excluding carboxylic acids is 1. The molecule has 0 saturated carbocycles. The van der Waals surface area contributed by atoms with Gasteiger partial charge in [0.25, 0.3) is 0 Å². The number of rotatable bonds is 3. The summed E-state index contributed by atoms with van der Waals surface area (Å²) in [5.41, 5.74) is 0.775. The molecule has 0 aliphatic carbocycles. The number of aromatic nitrogens is 1. The van der Waals surface area contributed by atoms with Gasteiger partial charge in [0.15, 0.2) is 0 Å². The van der Waals surface area contributed by atoms with Gasteiger partial charge in [-0.15, -0.1) is 0 Å². The second-order valence-corrected chi connectivity index (χ2v) is 2.71. The molecule has 0 aliphatic heterocycles. The number of nitrogens with zero attached hydrogens (tertiary/aromatic N) is 1. The standard InChI is InChI=1S/C9H12N2O2/c1-7(12)9(13)11-6-8-4-2-3-5-10-8/h2-5,7,12H,6H2,1H3,(H,11,13)/t7-/m0/s1. The van der Waals surface area contributed by atoms with E-state index in [0.29, 0.717) is 6.54 Å². The Balaban J connectivity index is 2.40. The predicted molar refractivity (Wildman–Crippen MR) is 47.8 cm³/mol. The molecular formula is C9H12N2O2. The van der Waals surface area contributed by atoms with E-state index in [4.69, 9.17) is 5.11 Å². The molecule has 2 N–H and O–H groups in total. The lowest BCUT2D eigenvalue weighted by atomic mass is 10.3. The molecule has 0 radical (unpaired) electrons. The fourth-order valence-electron chi connectivity index (χ4n) is 0.828. The van der Waals surface area contributed by atoms with Crippen molar-refractivity contribution in [2.75, 3.05) is 0 Å². The number of aliphatic hydroxyl groups excluding tert-OH is 1. The molecule has 1 amide bonds. The normalized spacial score (nSPS) is 12.2. The van der Waals surface area contributed by atoms with Gasteiger partial charge in [-0.3, -0.25) is 9.78 Å². The highest BCUT2D eigenvalue weighted by Crippen LogP contribution is 1.92. The molecule has 1 aromatic rings. The van der Waals surface area contributed by atoms with Crippen molar-refractivity contribution < 1.29 is 9.90 Å². The van der Waals surface area contributed by atoms with Gasteiger partial charge in [-0.1, -0.05) is 6.07 Å². The molecule has 1 heterocycles. The number of hydrogen-bond donors (Lipinski definition) is 2. The van der Waals surface area contributed by atoms with Crippen LogP contribution in [0.25, 0.3) is 0 Å². The topological polar surface area (TPSA) is 62.2 Å². The van der Waals surface area contributed by atoms with Crippen molar-refractivity contribution >= 4 is 5.91 Å². The molecule has 1 aromatic heterocycles. The van der Waals surface area contributed by atoms with Gasteiger partial charge >= 0.3 is 0 Å². The van der Waals surface area contributed by atoms with E-state index in [1.165, 1.54) is 6.92 Å². The summed E-state index contributed by atoms with van der Waals surface area (Å²) in [5.74, 6) is -0.384. The first-order valence-corrected chi connectivity index (χ1v) is 4.06. The second-order valence-electron chi connectivity index (χ2n) is 2.71. The van der Waals surface area contributed by atoms with Crippen molar-refractivity contribution in [3.63, 3.8) is 0 Å². The Hall–Kier alpha value is -1.42. The quantitative estimate of drug-likeness (QED) is 0.692. The molecule has 0 aromatic carbocycles. The van der Waals surface area contributed by atoms with Crippen LogP contribution >= 0.6 is 0 Å². The van der Waals surface area contributed by atoms with Crippen LogP contribution in [0.15, 0.2) is 24.4 Å². The average molecular weight is 180 g/mol. The zero-order chi connectivity index (χ0) is 9.68. The van der Waals surface area contributed by atoms with Gasteiger partial charge in [-0.05, 0) is 19.1 Å². The maximum atomic E-state index is 10.9. The van der Waals surface area contributed by atoms with Gasteiger partial charge in [0.05, 0.1) is 12.2 Å². The zero-order valence-electron chi connectivity index (χ0n) is 7.40. The highest BCUT2D eigenvalue weighted by atomic mass is 16.3. The van der Waals surface area contributed by atoms with Gasteiger partial charge < -0.3 is 10.4 Å². The number of nitrogens with one attached hydrogen (secondary N) is 1. The fraction of sp³-hybridized carbons (Fsp3) is 0.333. The van der Waals surface area contributed by atoms with E-state index in [-0.39, 0.29) is 5.91 Å². The van der Waals surface area contributed by atoms with E-state index >= 15 is 0 Å². The lowest BCUT2D eigenvalue weighted by Gasteiger charge is -2.05. The molecule has 1 rings (SSSR count). The van der Waals surface area contributed by atoms with Crippen LogP contribution in [0, 0.1) is 0 Å². The Labute approximate surface area is 76.6 Å². The third-order valence-corrected chi connectivity index (χ3v) is 1.55. The molecule has 4 heteroatoms. The zero-order valence-corrected chi connectivity index (χ0v) is 7.40. The van der Waals surface area contributed by atoms with Crippen molar-refractivity contribution in [2.24, 2.45) is 0 Å². The number of carbonyl (C=O) groups is 1. The summed E-state index contributed by atoms with van der Waals surface area (Å²) in [6.07, 6.45) is 0.688. The minimum Gasteiger partial charge on any atom is -0.384 e. The molecule has 0 unspecified atom stereocenters. The third kappa shape index (κ3) is 3.21. The summed E-state index contributed by atoms with van der Waals surface area (Å²) in [6.45, 7) is 1.78. The van der Waals surface area contributed by atoms with Crippen LogP contribution in [0.4, 0.5) is 0 Å². The largest absolute Gasteiger partial charge is 0.384 e. The number of hydrogen-bond acceptors (Lipinski definition) is 3. The highest BCUT2D eigenvalue weighted by molar-refractivity contribution is 5.79. The van der Waals surface area contributed by atoms with Gasteiger partial charge in [-0.2, -0.15) is 0 Å². The second kappa shape index (κ2) is 4.57. The van der Waals surface area contributed by atoms with E-state index < -0.39 is 6.10 Å². The van der Waals surface area contributed by atoms with Gasteiger partial charge in [0.2, 0.25) is 5.91 Å². The van der Waals surface area contributed by atoms with Crippen molar-refractivity contribution in [3.8, 4) is 0 Å². The van der Waals surface area contributed by atoms with Gasteiger partial charge in [0, 0.05) is 6.20 Å². The average Bonchev–Trinajstić information content (AvgIpc) is 2.15. The minimum atomic E-state index is -0.969. The van der Waals surface area contributed by atoms with Crippen molar-refractivity contribution in [1.29, 1.82) is 0 Å². The molecule has 1 atom stereocenters. The van der Waals surface area contributed by atoms with E-state index in [1.807, 2.05) is 12.1 Å². The lowest BCUT2D eigenvalue weighted by molar-refractivity contribution is -0.128. The molecule has 13 heavy (non-hydrogen) atoms. The van der Waals surface area contributed by atoms with Crippen molar-refractivity contribution in [1.82, 2.24) is 10.3 Å². The molecule has 0 fully saturated rings. The van der Waals surface area contributed by atoms with Crippen LogP contribution in [0.1, 0.15) is 12.6 Å². The van der Waals surface area contributed by atoms with E-state index in [0.717, 1.165) is 5.69 Å². The van der Waals surface area contributed by atoms with E-state index in [9.17, 15) is 4.79 Å². The monoisotopic (exact) mass is 180 g/mol. The Morgan fingerprint density at radius 2 is 2.46 bits per heavy atom. The SMILES string of the molecule is C[C@H](O)C(=O)NCc1ccccn1. The minimum absolute atomic E-state index is 0.352. The molecule has 70 valence electrons. The Morgan fingerprint density at radius 3 is 3.00 bits per heavy atom. The maximum Gasteiger partial charge on any atom is 0.248 e. The summed E-state index contributed by atoms with van der Waals surface area (Å²) in [5, 5.41) is 11.4. The summed E-state index contributed by atoms with van der Waals surface area (Å²) < 4.78 is 0. The predicted octanol–water partition coefficient (Wildman–Crippen LogP) is 0.0786. The number of aliphatic hydroxyl groups is 1. The highest BCUT2D eigenvalue weighted by Gasteiger charge is 2.07. The van der Waals surface area contributed by atoms with Crippen LogP contribution in [0.3, 0.4) is 0 Å². The third-order valence-electron chi connectivity index (χ3n) is 1.55. The molecule has 0 bridgehead atoms. The van der Waals surface area contributed by atoms with Crippen molar-refractivity contribution in [2.45, 2.75) is 19.6 Å². The molecule has 4 nitrogen and oxygen atoms in total. The summed E-state index contributed by atoms with van der Waals surface area (Å²) in [6, 6.07) is 5.46. The molecule has 0 aliphatic rings. The summed E-state index contributed by atoms with van der Waals surface area (Å²) in [4.78, 5) is 14.9. The van der Waals surface area contributed by atoms with E-state index in [1.54, 1.807) is 12.3 Å². The first-order chi connectivity index (χ1) is 6.20. The Bertz CT molecular complexity index is 272. The first-order valence-electron chi connectivity index (χ1n) is 4.06. The lowest BCUT2D eigenvalue weighted by Crippen LogP contribution is -2.32. The molecule has 0 saturated heterocycles. The maximum absolute atomic E-state index is 10.9. The van der Waals surface area contributed by atoms with Crippen LogP contribution in [0.2, 0.25) is 0 Å². The number of pyridine rings is 1. The van der Waals surface area contributed by atoms with Crippen LogP contribution < -0.4 is 5.32 Å². The van der Waals surface area contributed by atoms with Crippen molar-refractivity contribution in [3.05, 3.63) is 30.1 Å². The fourth-order valence-corrected chi connectivity index (χ4v) is 0.828. The molecule has 0 spiro atoms. The Morgan fingerprint density at radius 1 is 1.69 bits per heavy atom. The smallest absolute Gasteiger partial charge is 0.248 e. The summed E-state index contributed by atoms with van der Waals surface area (Å²) >= 11 is 0. The van der Waals surface area contributed by atoms with Crippen LogP contribution in [-0.4, -0.2) is 22.1 Å². The van der Waals surface area contributed by atoms with Crippen LogP contribution in [-0.2, 0) is 11.3 Å². The first kappa shape index (κ1) is 9.67. The van der Waals surface area contributed by atoms with Gasteiger partial charge in [-0.25, -0.2) is 0 Å². The summed E-state index contributed by atoms with van der Waals surface area (Å²) in [7, 11) is 0. The van der Waals surface area contributed by atoms with Crippen LogP contribution in [0.5, 0.6) is 0 Å². The molecular weight excluding hydrogens is 168 g/mol. The van der Waals surface area contributed by atoms with Gasteiger partial charge in [0.1, 0.15) is 6.10 Å². The van der Waals surface area contributed by atoms with E-state index in [2.05, 4.69) is 10.3 Å². The number of amides is 1.